The number of hydrogen-bond donors (Lipinski definition) is 1. The highest BCUT2D eigenvalue weighted by molar-refractivity contribution is 9.13. The van der Waals surface area contributed by atoms with Crippen LogP contribution in [0.15, 0.2) is 43.9 Å². The largest absolute Gasteiger partial charge is 0.491 e. The molecule has 2 rings (SSSR count). The molecular formula is C15H17Br2NO2. The second-order valence-electron chi connectivity index (χ2n) is 4.89. The van der Waals surface area contributed by atoms with Gasteiger partial charge in [-0.05, 0) is 56.0 Å². The maximum atomic E-state index is 5.80. The minimum atomic E-state index is 0.500. The number of rotatable bonds is 6. The van der Waals surface area contributed by atoms with Gasteiger partial charge in [-0.25, -0.2) is 0 Å². The fourth-order valence-corrected chi connectivity index (χ4v) is 2.31. The van der Waals surface area contributed by atoms with Gasteiger partial charge in [-0.1, -0.05) is 26.0 Å². The van der Waals surface area contributed by atoms with Crippen LogP contribution >= 0.6 is 31.9 Å². The average molecular weight is 403 g/mol. The molecule has 0 unspecified atom stereocenters. The average Bonchev–Trinajstić information content (AvgIpc) is 2.74. The predicted molar refractivity (Wildman–Crippen MR) is 88.2 cm³/mol. The number of nitrogens with one attached hydrogen (secondary N) is 1. The van der Waals surface area contributed by atoms with E-state index in [1.165, 1.54) is 0 Å². The maximum absolute atomic E-state index is 5.80. The van der Waals surface area contributed by atoms with Crippen LogP contribution in [0.2, 0.25) is 0 Å². The first-order valence-corrected chi connectivity index (χ1v) is 8.04. The van der Waals surface area contributed by atoms with Gasteiger partial charge >= 0.3 is 0 Å². The first-order valence-electron chi connectivity index (χ1n) is 6.45. The van der Waals surface area contributed by atoms with Crippen molar-refractivity contribution in [1.82, 2.24) is 0 Å². The van der Waals surface area contributed by atoms with Gasteiger partial charge in [0.25, 0.3) is 0 Å². The highest BCUT2D eigenvalue weighted by Gasteiger charge is 2.08. The lowest BCUT2D eigenvalue weighted by molar-refractivity contribution is 0.272. The van der Waals surface area contributed by atoms with Gasteiger partial charge in [0, 0.05) is 0 Å². The van der Waals surface area contributed by atoms with Crippen LogP contribution in [-0.4, -0.2) is 6.61 Å². The summed E-state index contributed by atoms with van der Waals surface area (Å²) in [6.45, 7) is 5.57. The molecule has 1 aromatic carbocycles. The van der Waals surface area contributed by atoms with E-state index in [1.54, 1.807) is 0 Å². The standard InChI is InChI=1S/C15H17Br2NO2/c1-10(2)9-19-14-6-4-3-5-13(14)18-8-11-7-12(16)15(17)20-11/h3-7,10,18H,8-9H2,1-2H3. The Morgan fingerprint density at radius 2 is 2.00 bits per heavy atom. The molecule has 0 spiro atoms. The van der Waals surface area contributed by atoms with Gasteiger partial charge < -0.3 is 14.5 Å². The van der Waals surface area contributed by atoms with Crippen LogP contribution in [-0.2, 0) is 6.54 Å². The van der Waals surface area contributed by atoms with Crippen LogP contribution in [0.3, 0.4) is 0 Å². The third-order valence-corrected chi connectivity index (χ3v) is 4.32. The predicted octanol–water partition coefficient (Wildman–Crippen LogP) is 5.45. The molecule has 20 heavy (non-hydrogen) atoms. The van der Waals surface area contributed by atoms with Crippen LogP contribution in [0.4, 0.5) is 5.69 Å². The monoisotopic (exact) mass is 401 g/mol. The van der Waals surface area contributed by atoms with E-state index < -0.39 is 0 Å². The second kappa shape index (κ2) is 7.18. The van der Waals surface area contributed by atoms with Gasteiger partial charge in [0.05, 0.1) is 23.3 Å². The van der Waals surface area contributed by atoms with E-state index >= 15 is 0 Å². The summed E-state index contributed by atoms with van der Waals surface area (Å²) in [7, 11) is 0. The molecule has 0 aliphatic carbocycles. The van der Waals surface area contributed by atoms with E-state index in [2.05, 4.69) is 51.0 Å². The Kier molecular flexibility index (Phi) is 5.54. The first kappa shape index (κ1) is 15.4. The summed E-state index contributed by atoms with van der Waals surface area (Å²) in [4.78, 5) is 0. The van der Waals surface area contributed by atoms with Crippen LogP contribution < -0.4 is 10.1 Å². The molecular weight excluding hydrogens is 386 g/mol. The van der Waals surface area contributed by atoms with Gasteiger partial charge in [0.15, 0.2) is 4.67 Å². The molecule has 0 fully saturated rings. The fourth-order valence-electron chi connectivity index (χ4n) is 1.66. The van der Waals surface area contributed by atoms with Gasteiger partial charge in [-0.15, -0.1) is 0 Å². The van der Waals surface area contributed by atoms with Gasteiger partial charge in [-0.2, -0.15) is 0 Å². The Hall–Kier alpha value is -0.940. The van der Waals surface area contributed by atoms with Gasteiger partial charge in [0.2, 0.25) is 0 Å². The lowest BCUT2D eigenvalue weighted by Gasteiger charge is -2.13. The summed E-state index contributed by atoms with van der Waals surface area (Å²) in [6, 6.07) is 9.87. The van der Waals surface area contributed by atoms with Crippen molar-refractivity contribution in [3.8, 4) is 5.75 Å². The van der Waals surface area contributed by atoms with Crippen molar-refractivity contribution in [2.24, 2.45) is 5.92 Å². The maximum Gasteiger partial charge on any atom is 0.183 e. The summed E-state index contributed by atoms with van der Waals surface area (Å²) in [5.74, 6) is 2.22. The summed E-state index contributed by atoms with van der Waals surface area (Å²) in [6.07, 6.45) is 0. The third-order valence-electron chi connectivity index (χ3n) is 2.61. The highest BCUT2D eigenvalue weighted by atomic mass is 79.9. The number of ether oxygens (including phenoxy) is 1. The fraction of sp³-hybridized carbons (Fsp3) is 0.333. The molecule has 3 nitrogen and oxygen atoms in total. The molecule has 2 aromatic rings. The van der Waals surface area contributed by atoms with Crippen molar-refractivity contribution < 1.29 is 9.15 Å². The zero-order valence-electron chi connectivity index (χ0n) is 11.5. The molecule has 0 bridgehead atoms. The number of hydrogen-bond acceptors (Lipinski definition) is 3. The zero-order valence-corrected chi connectivity index (χ0v) is 14.6. The van der Waals surface area contributed by atoms with Crippen molar-refractivity contribution in [3.63, 3.8) is 0 Å². The van der Waals surface area contributed by atoms with E-state index in [4.69, 9.17) is 9.15 Å². The number of para-hydroxylation sites is 2. The van der Waals surface area contributed by atoms with Crippen molar-refractivity contribution in [3.05, 3.63) is 45.2 Å². The number of furan rings is 1. The minimum absolute atomic E-state index is 0.500. The second-order valence-corrected chi connectivity index (χ2v) is 6.46. The Bertz CT molecular complexity index is 547. The molecule has 0 saturated carbocycles. The minimum Gasteiger partial charge on any atom is -0.491 e. The molecule has 0 saturated heterocycles. The van der Waals surface area contributed by atoms with Crippen molar-refractivity contribution in [2.45, 2.75) is 20.4 Å². The van der Waals surface area contributed by atoms with Crippen molar-refractivity contribution in [1.29, 1.82) is 0 Å². The van der Waals surface area contributed by atoms with E-state index in [-0.39, 0.29) is 0 Å². The number of benzene rings is 1. The molecule has 1 N–H and O–H groups in total. The number of halogens is 2. The SMILES string of the molecule is CC(C)COc1ccccc1NCc1cc(Br)c(Br)o1. The lowest BCUT2D eigenvalue weighted by atomic mass is 10.2. The Morgan fingerprint density at radius 3 is 2.65 bits per heavy atom. The Labute approximate surface area is 136 Å². The molecule has 108 valence electrons. The zero-order chi connectivity index (χ0) is 14.5. The molecule has 0 aliphatic heterocycles. The summed E-state index contributed by atoms with van der Waals surface area (Å²) in [5.41, 5.74) is 0.969. The molecule has 1 heterocycles. The molecule has 1 aromatic heterocycles. The van der Waals surface area contributed by atoms with Crippen LogP contribution in [0.25, 0.3) is 0 Å². The smallest absolute Gasteiger partial charge is 0.183 e. The molecule has 0 amide bonds. The first-order chi connectivity index (χ1) is 9.56. The Balaban J connectivity index is 2.01. The van der Waals surface area contributed by atoms with Gasteiger partial charge in [0.1, 0.15) is 11.5 Å². The molecule has 0 aliphatic rings. The lowest BCUT2D eigenvalue weighted by Crippen LogP contribution is -2.07. The van der Waals surface area contributed by atoms with E-state index in [9.17, 15) is 0 Å². The normalized spacial score (nSPS) is 10.8. The van der Waals surface area contributed by atoms with Crippen molar-refractivity contribution in [2.75, 3.05) is 11.9 Å². The van der Waals surface area contributed by atoms with Crippen LogP contribution in [0.5, 0.6) is 5.75 Å². The molecule has 0 atom stereocenters. The van der Waals surface area contributed by atoms with Crippen LogP contribution in [0.1, 0.15) is 19.6 Å². The van der Waals surface area contributed by atoms with E-state index in [1.807, 2.05) is 30.3 Å². The third kappa shape index (κ3) is 4.28. The summed E-state index contributed by atoms with van der Waals surface area (Å²) >= 11 is 6.74. The molecule has 5 heteroatoms. The summed E-state index contributed by atoms with van der Waals surface area (Å²) in [5, 5.41) is 3.33. The Morgan fingerprint density at radius 1 is 1.25 bits per heavy atom. The topological polar surface area (TPSA) is 34.4 Å². The number of anilines is 1. The molecule has 0 radical (unpaired) electrons. The van der Waals surface area contributed by atoms with Gasteiger partial charge in [-0.3, -0.25) is 0 Å². The van der Waals surface area contributed by atoms with Crippen LogP contribution in [0, 0.1) is 5.92 Å². The summed E-state index contributed by atoms with van der Waals surface area (Å²) < 4.78 is 13.0. The highest BCUT2D eigenvalue weighted by Crippen LogP contribution is 2.29. The van der Waals surface area contributed by atoms with Crippen molar-refractivity contribution >= 4 is 37.5 Å². The quantitative estimate of drug-likeness (QED) is 0.697. The van der Waals surface area contributed by atoms with E-state index in [0.717, 1.165) is 21.7 Å². The van der Waals surface area contributed by atoms with E-state index in [0.29, 0.717) is 23.7 Å².